The van der Waals surface area contributed by atoms with Crippen molar-refractivity contribution < 1.29 is 38.9 Å². The summed E-state index contributed by atoms with van der Waals surface area (Å²) in [7, 11) is 0. The Morgan fingerprint density at radius 1 is 1.10 bits per heavy atom. The molecule has 0 saturated heterocycles. The normalized spacial score (nSPS) is 14.9. The molecule has 1 aliphatic carbocycles. The lowest BCUT2D eigenvalue weighted by Gasteiger charge is -2.36. The predicted octanol–water partition coefficient (Wildman–Crippen LogP) is 2.66. The van der Waals surface area contributed by atoms with Gasteiger partial charge in [-0.1, -0.05) is 31.4 Å². The van der Waals surface area contributed by atoms with E-state index in [0.717, 1.165) is 32.1 Å². The SMILES string of the molecule is O=C(O)CC1(CNC(=O)OCOC(=O)c2ccc(CO[N+](=O)[O-])cc2)CCCCC1. The van der Waals surface area contributed by atoms with Crippen molar-refractivity contribution in [2.24, 2.45) is 5.41 Å². The highest BCUT2D eigenvalue weighted by Crippen LogP contribution is 2.38. The molecule has 1 fully saturated rings. The van der Waals surface area contributed by atoms with E-state index in [1.54, 1.807) is 0 Å². The smallest absolute Gasteiger partial charge is 0.410 e. The molecule has 0 atom stereocenters. The summed E-state index contributed by atoms with van der Waals surface area (Å²) >= 11 is 0. The molecule has 1 amide bonds. The van der Waals surface area contributed by atoms with E-state index in [-0.39, 0.29) is 25.1 Å². The number of hydrogen-bond acceptors (Lipinski definition) is 8. The Labute approximate surface area is 172 Å². The van der Waals surface area contributed by atoms with Gasteiger partial charge in [0, 0.05) is 6.54 Å². The third-order valence-electron chi connectivity index (χ3n) is 4.95. The van der Waals surface area contributed by atoms with Crippen molar-refractivity contribution in [2.75, 3.05) is 13.3 Å². The van der Waals surface area contributed by atoms with Gasteiger partial charge in [-0.15, -0.1) is 10.1 Å². The summed E-state index contributed by atoms with van der Waals surface area (Å²) in [5, 5.41) is 20.9. The molecule has 1 aromatic rings. The molecular formula is C19H24N2O9. The Bertz CT molecular complexity index is 758. The number of benzene rings is 1. The highest BCUT2D eigenvalue weighted by atomic mass is 16.9. The van der Waals surface area contributed by atoms with Crippen LogP contribution >= 0.6 is 0 Å². The highest BCUT2D eigenvalue weighted by molar-refractivity contribution is 5.89. The summed E-state index contributed by atoms with van der Waals surface area (Å²) in [5.41, 5.74) is 0.184. The maximum absolute atomic E-state index is 11.9. The van der Waals surface area contributed by atoms with Crippen LogP contribution in [0.25, 0.3) is 0 Å². The second-order valence-corrected chi connectivity index (χ2v) is 7.16. The number of carboxylic acid groups (broad SMARTS) is 1. The second-order valence-electron chi connectivity index (χ2n) is 7.16. The number of carbonyl (C=O) groups excluding carboxylic acids is 2. The maximum atomic E-state index is 11.9. The van der Waals surface area contributed by atoms with Gasteiger partial charge in [0.05, 0.1) is 12.0 Å². The lowest BCUT2D eigenvalue weighted by Crippen LogP contribution is -2.40. The monoisotopic (exact) mass is 424 g/mol. The highest BCUT2D eigenvalue weighted by Gasteiger charge is 2.34. The largest absolute Gasteiger partial charge is 0.481 e. The first kappa shape index (κ1) is 22.9. The number of nitrogens with one attached hydrogen (secondary N) is 1. The fourth-order valence-electron chi connectivity index (χ4n) is 3.43. The number of carboxylic acids is 1. The van der Waals surface area contributed by atoms with E-state index in [2.05, 4.69) is 10.2 Å². The summed E-state index contributed by atoms with van der Waals surface area (Å²) in [6.07, 6.45) is 3.49. The number of alkyl carbamates (subject to hydrolysis) is 1. The molecule has 11 heteroatoms. The van der Waals surface area contributed by atoms with Crippen LogP contribution in [0.15, 0.2) is 24.3 Å². The third kappa shape index (κ3) is 7.57. The summed E-state index contributed by atoms with van der Waals surface area (Å²) < 4.78 is 9.69. The number of esters is 1. The van der Waals surface area contributed by atoms with Gasteiger partial charge in [-0.25, -0.2) is 9.59 Å². The van der Waals surface area contributed by atoms with Crippen LogP contribution in [-0.4, -0.2) is 41.6 Å². The maximum Gasteiger partial charge on any atom is 0.410 e. The molecule has 30 heavy (non-hydrogen) atoms. The molecule has 2 rings (SSSR count). The van der Waals surface area contributed by atoms with Crippen molar-refractivity contribution in [1.29, 1.82) is 0 Å². The van der Waals surface area contributed by atoms with E-state index in [9.17, 15) is 24.5 Å². The van der Waals surface area contributed by atoms with Crippen molar-refractivity contribution in [1.82, 2.24) is 5.32 Å². The van der Waals surface area contributed by atoms with E-state index in [1.165, 1.54) is 24.3 Å². The first-order chi connectivity index (χ1) is 14.3. The average molecular weight is 424 g/mol. The predicted molar refractivity (Wildman–Crippen MR) is 101 cm³/mol. The fourth-order valence-corrected chi connectivity index (χ4v) is 3.43. The van der Waals surface area contributed by atoms with E-state index in [4.69, 9.17) is 14.6 Å². The molecular weight excluding hydrogens is 400 g/mol. The van der Waals surface area contributed by atoms with Gasteiger partial charge in [0.1, 0.15) is 6.61 Å². The van der Waals surface area contributed by atoms with Gasteiger partial charge in [0.25, 0.3) is 5.09 Å². The van der Waals surface area contributed by atoms with Crippen LogP contribution in [0.1, 0.15) is 54.4 Å². The standard InChI is InChI=1S/C19H24N2O9/c22-16(23)10-19(8-2-1-3-9-19)12-20-18(25)29-13-28-17(24)15-6-4-14(5-7-15)11-30-21(26)27/h4-7H,1-3,8-13H2,(H,20,25)(H,22,23). The van der Waals surface area contributed by atoms with Crippen LogP contribution in [0.2, 0.25) is 0 Å². The van der Waals surface area contributed by atoms with Crippen molar-refractivity contribution in [3.63, 3.8) is 0 Å². The summed E-state index contributed by atoms with van der Waals surface area (Å²) in [5.74, 6) is -1.64. The van der Waals surface area contributed by atoms with Gasteiger partial charge in [-0.2, -0.15) is 0 Å². The van der Waals surface area contributed by atoms with Gasteiger partial charge in [0.2, 0.25) is 6.79 Å². The third-order valence-corrected chi connectivity index (χ3v) is 4.95. The lowest BCUT2D eigenvalue weighted by atomic mass is 9.72. The zero-order chi connectivity index (χ0) is 22.0. The lowest BCUT2D eigenvalue weighted by molar-refractivity contribution is -0.763. The molecule has 0 radical (unpaired) electrons. The summed E-state index contributed by atoms with van der Waals surface area (Å²) in [4.78, 5) is 49.3. The Morgan fingerprint density at radius 3 is 2.37 bits per heavy atom. The Hall–Kier alpha value is -3.37. The number of hydrogen-bond donors (Lipinski definition) is 2. The van der Waals surface area contributed by atoms with Crippen molar-refractivity contribution in [2.45, 2.75) is 45.1 Å². The van der Waals surface area contributed by atoms with Crippen LogP contribution in [0.5, 0.6) is 0 Å². The molecule has 164 valence electrons. The molecule has 11 nitrogen and oxygen atoms in total. The van der Waals surface area contributed by atoms with E-state index < -0.39 is 35.3 Å². The first-order valence-corrected chi connectivity index (χ1v) is 9.45. The minimum Gasteiger partial charge on any atom is -0.481 e. The summed E-state index contributed by atoms with van der Waals surface area (Å²) in [6.45, 7) is -0.669. The topological polar surface area (TPSA) is 154 Å². The Kier molecular flexibility index (Phi) is 8.39. The molecule has 0 aromatic heterocycles. The quantitative estimate of drug-likeness (QED) is 0.249. The van der Waals surface area contributed by atoms with Crippen LogP contribution in [0, 0.1) is 15.5 Å². The van der Waals surface area contributed by atoms with Crippen LogP contribution in [0.3, 0.4) is 0 Å². The number of aliphatic carboxylic acids is 1. The molecule has 0 unspecified atom stereocenters. The fraction of sp³-hybridized carbons (Fsp3) is 0.526. The number of carbonyl (C=O) groups is 3. The van der Waals surface area contributed by atoms with E-state index >= 15 is 0 Å². The van der Waals surface area contributed by atoms with Crippen molar-refractivity contribution >= 4 is 18.0 Å². The van der Waals surface area contributed by atoms with Crippen LogP contribution in [-0.2, 0) is 25.7 Å². The molecule has 1 aliphatic rings. The van der Waals surface area contributed by atoms with Gasteiger partial charge >= 0.3 is 18.0 Å². The molecule has 0 bridgehead atoms. The first-order valence-electron chi connectivity index (χ1n) is 9.45. The van der Waals surface area contributed by atoms with Gasteiger partial charge in [-0.3, -0.25) is 4.79 Å². The minimum absolute atomic E-state index is 0.0229. The van der Waals surface area contributed by atoms with Crippen molar-refractivity contribution in [3.05, 3.63) is 45.5 Å². The zero-order valence-corrected chi connectivity index (χ0v) is 16.3. The van der Waals surface area contributed by atoms with E-state index in [1.807, 2.05) is 0 Å². The second kappa shape index (κ2) is 11.0. The molecule has 0 spiro atoms. The Balaban J connectivity index is 1.73. The van der Waals surface area contributed by atoms with Gasteiger partial charge < -0.3 is 24.7 Å². The van der Waals surface area contributed by atoms with E-state index in [0.29, 0.717) is 5.56 Å². The van der Waals surface area contributed by atoms with Crippen LogP contribution in [0.4, 0.5) is 4.79 Å². The number of rotatable bonds is 10. The number of amides is 1. The molecule has 0 aliphatic heterocycles. The Morgan fingerprint density at radius 2 is 1.77 bits per heavy atom. The number of ether oxygens (including phenoxy) is 2. The summed E-state index contributed by atoms with van der Waals surface area (Å²) in [6, 6.07) is 5.75. The van der Waals surface area contributed by atoms with Crippen LogP contribution < -0.4 is 5.32 Å². The van der Waals surface area contributed by atoms with Gasteiger partial charge in [-0.05, 0) is 36.0 Å². The molecule has 1 saturated carbocycles. The van der Waals surface area contributed by atoms with Crippen molar-refractivity contribution in [3.8, 4) is 0 Å². The average Bonchev–Trinajstić information content (AvgIpc) is 2.71. The van der Waals surface area contributed by atoms with Gasteiger partial charge in [0.15, 0.2) is 0 Å². The number of nitrogens with zero attached hydrogens (tertiary/aromatic N) is 1. The minimum atomic E-state index is -0.914. The molecule has 1 aromatic carbocycles. The molecule has 2 N–H and O–H groups in total. The molecule has 0 heterocycles. The zero-order valence-electron chi connectivity index (χ0n) is 16.3.